The van der Waals surface area contributed by atoms with Gasteiger partial charge in [0, 0.05) is 6.04 Å². The van der Waals surface area contributed by atoms with E-state index in [1.165, 1.54) is 6.07 Å². The molecule has 5 heteroatoms. The monoisotopic (exact) mass is 261 g/mol. The first kappa shape index (κ1) is 13.5. The molecule has 1 aromatic carbocycles. The van der Waals surface area contributed by atoms with Gasteiger partial charge in [-0.25, -0.2) is 8.42 Å². The molecule has 90 valence electrons. The molecule has 0 amide bonds. The minimum atomic E-state index is -3.27. The maximum absolute atomic E-state index is 11.9. The van der Waals surface area contributed by atoms with Crippen LogP contribution in [-0.2, 0) is 9.84 Å². The Morgan fingerprint density at radius 1 is 1.38 bits per heavy atom. The molecular formula is C11H16ClNO2S. The summed E-state index contributed by atoms with van der Waals surface area (Å²) in [5, 5.41) is 0.281. The van der Waals surface area contributed by atoms with Crippen molar-refractivity contribution in [2.45, 2.75) is 30.7 Å². The lowest BCUT2D eigenvalue weighted by molar-refractivity contribution is 0.585. The predicted molar refractivity (Wildman–Crippen MR) is 66.4 cm³/mol. The van der Waals surface area contributed by atoms with Crippen LogP contribution in [0.2, 0.25) is 5.02 Å². The molecular weight excluding hydrogens is 246 g/mol. The summed E-state index contributed by atoms with van der Waals surface area (Å²) in [5.74, 6) is 0.0955. The molecule has 1 unspecified atom stereocenters. The summed E-state index contributed by atoms with van der Waals surface area (Å²) in [6.45, 7) is 1.86. The largest absolute Gasteiger partial charge is 0.328 e. The van der Waals surface area contributed by atoms with Crippen LogP contribution in [0.1, 0.15) is 19.8 Å². The van der Waals surface area contributed by atoms with E-state index in [-0.39, 0.29) is 21.7 Å². The van der Waals surface area contributed by atoms with E-state index in [0.717, 1.165) is 0 Å². The van der Waals surface area contributed by atoms with Crippen molar-refractivity contribution in [3.63, 3.8) is 0 Å². The van der Waals surface area contributed by atoms with E-state index < -0.39 is 9.84 Å². The number of hydrogen-bond acceptors (Lipinski definition) is 3. The maximum Gasteiger partial charge on any atom is 0.179 e. The van der Waals surface area contributed by atoms with Crippen molar-refractivity contribution in [2.24, 2.45) is 5.73 Å². The van der Waals surface area contributed by atoms with Gasteiger partial charge < -0.3 is 5.73 Å². The zero-order chi connectivity index (χ0) is 12.2. The molecule has 1 atom stereocenters. The molecule has 0 saturated carbocycles. The summed E-state index contributed by atoms with van der Waals surface area (Å²) in [5.41, 5.74) is 5.57. The molecule has 0 aliphatic heterocycles. The van der Waals surface area contributed by atoms with E-state index in [2.05, 4.69) is 0 Å². The Kier molecular flexibility index (Phi) is 4.77. The van der Waals surface area contributed by atoms with Gasteiger partial charge in [-0.1, -0.05) is 23.7 Å². The number of halogens is 1. The van der Waals surface area contributed by atoms with Crippen molar-refractivity contribution in [1.29, 1.82) is 0 Å². The normalized spacial score (nSPS) is 13.7. The second-order valence-electron chi connectivity index (χ2n) is 3.87. The van der Waals surface area contributed by atoms with Gasteiger partial charge >= 0.3 is 0 Å². The molecule has 0 radical (unpaired) electrons. The molecule has 16 heavy (non-hydrogen) atoms. The molecule has 0 aromatic heterocycles. The van der Waals surface area contributed by atoms with Gasteiger partial charge in [0.15, 0.2) is 9.84 Å². The lowest BCUT2D eigenvalue weighted by atomic mass is 10.2. The highest BCUT2D eigenvalue weighted by Crippen LogP contribution is 2.22. The van der Waals surface area contributed by atoms with Crippen molar-refractivity contribution in [2.75, 3.05) is 5.75 Å². The number of benzene rings is 1. The van der Waals surface area contributed by atoms with Gasteiger partial charge in [0.2, 0.25) is 0 Å². The van der Waals surface area contributed by atoms with Gasteiger partial charge in [-0.3, -0.25) is 0 Å². The van der Waals surface area contributed by atoms with Crippen molar-refractivity contribution in [1.82, 2.24) is 0 Å². The Bertz CT molecular complexity index is 443. The summed E-state index contributed by atoms with van der Waals surface area (Å²) in [7, 11) is -3.27. The molecule has 0 saturated heterocycles. The Morgan fingerprint density at radius 2 is 2.00 bits per heavy atom. The average molecular weight is 262 g/mol. The van der Waals surface area contributed by atoms with Crippen LogP contribution in [0.5, 0.6) is 0 Å². The lowest BCUT2D eigenvalue weighted by Crippen LogP contribution is -2.16. The third kappa shape index (κ3) is 3.77. The average Bonchev–Trinajstić information content (AvgIpc) is 2.17. The molecule has 1 aromatic rings. The summed E-state index contributed by atoms with van der Waals surface area (Å²) < 4.78 is 23.8. The highest BCUT2D eigenvalue weighted by molar-refractivity contribution is 7.91. The van der Waals surface area contributed by atoms with Gasteiger partial charge in [-0.05, 0) is 31.9 Å². The van der Waals surface area contributed by atoms with Crippen LogP contribution < -0.4 is 5.73 Å². The Hall–Kier alpha value is -0.580. The Morgan fingerprint density at radius 3 is 2.56 bits per heavy atom. The van der Waals surface area contributed by atoms with Crippen LogP contribution in [-0.4, -0.2) is 20.2 Å². The fourth-order valence-electron chi connectivity index (χ4n) is 1.40. The summed E-state index contributed by atoms with van der Waals surface area (Å²) in [6.07, 6.45) is 1.26. The third-order valence-corrected chi connectivity index (χ3v) is 4.54. The first-order valence-electron chi connectivity index (χ1n) is 5.16. The van der Waals surface area contributed by atoms with E-state index in [9.17, 15) is 8.42 Å². The zero-order valence-corrected chi connectivity index (χ0v) is 10.8. The van der Waals surface area contributed by atoms with Gasteiger partial charge in [0.1, 0.15) is 0 Å². The standard InChI is InChI=1S/C11H16ClNO2S/c1-9(13)5-4-8-16(14,15)11-7-3-2-6-10(11)12/h2-3,6-7,9H,4-5,8,13H2,1H3. The molecule has 0 bridgehead atoms. The summed E-state index contributed by atoms with van der Waals surface area (Å²) in [4.78, 5) is 0.210. The fourth-order valence-corrected chi connectivity index (χ4v) is 3.31. The first-order chi connectivity index (χ1) is 7.43. The van der Waals surface area contributed by atoms with Crippen molar-refractivity contribution >= 4 is 21.4 Å². The van der Waals surface area contributed by atoms with Gasteiger partial charge in [0.25, 0.3) is 0 Å². The first-order valence-corrected chi connectivity index (χ1v) is 7.19. The molecule has 2 N–H and O–H groups in total. The number of hydrogen-bond donors (Lipinski definition) is 1. The molecule has 0 heterocycles. The number of sulfone groups is 1. The molecule has 0 fully saturated rings. The quantitative estimate of drug-likeness (QED) is 0.884. The van der Waals surface area contributed by atoms with Crippen LogP contribution in [0, 0.1) is 0 Å². The second-order valence-corrected chi connectivity index (χ2v) is 6.35. The van der Waals surface area contributed by atoms with Gasteiger partial charge in [-0.15, -0.1) is 0 Å². The van der Waals surface area contributed by atoms with Crippen molar-refractivity contribution in [3.05, 3.63) is 29.3 Å². The highest BCUT2D eigenvalue weighted by Gasteiger charge is 2.17. The lowest BCUT2D eigenvalue weighted by Gasteiger charge is -2.07. The summed E-state index contributed by atoms with van der Waals surface area (Å²) in [6, 6.07) is 6.53. The maximum atomic E-state index is 11.9. The van der Waals surface area contributed by atoms with Gasteiger partial charge in [0.05, 0.1) is 15.7 Å². The minimum absolute atomic E-state index is 0.0291. The van der Waals surface area contributed by atoms with E-state index in [1.54, 1.807) is 18.2 Å². The third-order valence-electron chi connectivity index (χ3n) is 2.24. The zero-order valence-electron chi connectivity index (χ0n) is 9.19. The topological polar surface area (TPSA) is 60.2 Å². The smallest absolute Gasteiger partial charge is 0.179 e. The minimum Gasteiger partial charge on any atom is -0.328 e. The molecule has 0 aliphatic carbocycles. The van der Waals surface area contributed by atoms with Crippen LogP contribution in [0.4, 0.5) is 0 Å². The van der Waals surface area contributed by atoms with Crippen molar-refractivity contribution < 1.29 is 8.42 Å². The van der Waals surface area contributed by atoms with Crippen molar-refractivity contribution in [3.8, 4) is 0 Å². The van der Waals surface area contributed by atoms with E-state index in [0.29, 0.717) is 12.8 Å². The molecule has 3 nitrogen and oxygen atoms in total. The van der Waals surface area contributed by atoms with Gasteiger partial charge in [-0.2, -0.15) is 0 Å². The second kappa shape index (κ2) is 5.66. The number of nitrogens with two attached hydrogens (primary N) is 1. The van der Waals surface area contributed by atoms with Crippen LogP contribution in [0.15, 0.2) is 29.2 Å². The van der Waals surface area contributed by atoms with Crippen LogP contribution in [0.3, 0.4) is 0 Å². The van der Waals surface area contributed by atoms with E-state index >= 15 is 0 Å². The SMILES string of the molecule is CC(N)CCCS(=O)(=O)c1ccccc1Cl. The molecule has 0 spiro atoms. The van der Waals surface area contributed by atoms with Crippen LogP contribution >= 0.6 is 11.6 Å². The molecule has 0 aliphatic rings. The Labute approximate surface area is 102 Å². The fraction of sp³-hybridized carbons (Fsp3) is 0.455. The number of rotatable bonds is 5. The van der Waals surface area contributed by atoms with E-state index in [4.69, 9.17) is 17.3 Å². The van der Waals surface area contributed by atoms with E-state index in [1.807, 2.05) is 6.92 Å². The predicted octanol–water partition coefficient (Wildman–Crippen LogP) is 2.24. The Balaban J connectivity index is 2.75. The van der Waals surface area contributed by atoms with Crippen LogP contribution in [0.25, 0.3) is 0 Å². The highest BCUT2D eigenvalue weighted by atomic mass is 35.5. The molecule has 1 rings (SSSR count). The summed E-state index contributed by atoms with van der Waals surface area (Å²) >= 11 is 5.85.